The van der Waals surface area contributed by atoms with Crippen molar-refractivity contribution < 1.29 is 5.11 Å². The summed E-state index contributed by atoms with van der Waals surface area (Å²) in [5.74, 6) is 0.356. The molecule has 1 atom stereocenters. The van der Waals surface area contributed by atoms with Gasteiger partial charge in [0.25, 0.3) is 0 Å². The van der Waals surface area contributed by atoms with Crippen molar-refractivity contribution in [2.24, 2.45) is 17.1 Å². The maximum absolute atomic E-state index is 9.60. The highest BCUT2D eigenvalue weighted by Gasteiger charge is 2.32. The molecule has 0 amide bonds. The Labute approximate surface area is 106 Å². The molecule has 0 heterocycles. The third-order valence-electron chi connectivity index (χ3n) is 3.45. The number of halogens is 1. The summed E-state index contributed by atoms with van der Waals surface area (Å²) in [5.41, 5.74) is 6.83. The second-order valence-electron chi connectivity index (χ2n) is 4.65. The van der Waals surface area contributed by atoms with Gasteiger partial charge in [0, 0.05) is 16.4 Å². The van der Waals surface area contributed by atoms with Crippen molar-refractivity contribution >= 4 is 15.9 Å². The van der Waals surface area contributed by atoms with E-state index >= 15 is 0 Å². The molecule has 90 valence electrons. The third-order valence-corrected chi connectivity index (χ3v) is 4.22. The van der Waals surface area contributed by atoms with Gasteiger partial charge in [0.1, 0.15) is 0 Å². The zero-order valence-corrected chi connectivity index (χ0v) is 11.5. The van der Waals surface area contributed by atoms with E-state index in [1.807, 2.05) is 18.2 Å². The molecule has 16 heavy (non-hydrogen) atoms. The van der Waals surface area contributed by atoms with Crippen molar-refractivity contribution in [2.75, 3.05) is 13.2 Å². The van der Waals surface area contributed by atoms with Gasteiger partial charge in [-0.2, -0.15) is 0 Å². The predicted octanol–water partition coefficient (Wildman–Crippen LogP) is 2.59. The Bertz CT molecular complexity index is 334. The minimum absolute atomic E-state index is 0.127. The quantitative estimate of drug-likeness (QED) is 0.874. The molecule has 0 bridgehead atoms. The molecule has 1 unspecified atom stereocenters. The Balaban J connectivity index is 2.96. The van der Waals surface area contributed by atoms with Crippen molar-refractivity contribution in [2.45, 2.75) is 20.3 Å². The minimum Gasteiger partial charge on any atom is -0.396 e. The molecule has 3 N–H and O–H groups in total. The SMILES string of the molecule is CC(C)C(CN)(CO)Cc1ccccc1Br. The molecule has 0 aromatic heterocycles. The zero-order chi connectivity index (χ0) is 12.2. The van der Waals surface area contributed by atoms with Crippen LogP contribution < -0.4 is 5.73 Å². The molecule has 1 rings (SSSR count). The lowest BCUT2D eigenvalue weighted by Crippen LogP contribution is -2.41. The van der Waals surface area contributed by atoms with E-state index in [4.69, 9.17) is 5.73 Å². The van der Waals surface area contributed by atoms with E-state index in [1.165, 1.54) is 5.56 Å². The molecule has 0 aliphatic rings. The summed E-state index contributed by atoms with van der Waals surface area (Å²) in [6, 6.07) is 8.10. The summed E-state index contributed by atoms with van der Waals surface area (Å²) >= 11 is 3.53. The van der Waals surface area contributed by atoms with Crippen molar-refractivity contribution in [1.82, 2.24) is 0 Å². The van der Waals surface area contributed by atoms with E-state index in [-0.39, 0.29) is 12.0 Å². The molecule has 0 spiro atoms. The number of benzene rings is 1. The molecule has 0 radical (unpaired) electrons. The standard InChI is InChI=1S/C13H20BrNO/c1-10(2)13(8-15,9-16)7-11-5-3-4-6-12(11)14/h3-6,10,16H,7-9,15H2,1-2H3. The summed E-state index contributed by atoms with van der Waals surface area (Å²) in [6.45, 7) is 4.85. The van der Waals surface area contributed by atoms with Crippen LogP contribution in [0.2, 0.25) is 0 Å². The van der Waals surface area contributed by atoms with Gasteiger partial charge < -0.3 is 10.8 Å². The minimum atomic E-state index is -0.218. The van der Waals surface area contributed by atoms with E-state index in [0.717, 1.165) is 10.9 Å². The first-order valence-corrected chi connectivity index (χ1v) is 6.39. The van der Waals surface area contributed by atoms with E-state index < -0.39 is 0 Å². The van der Waals surface area contributed by atoms with Crippen LogP contribution in [-0.4, -0.2) is 18.3 Å². The van der Waals surface area contributed by atoms with Gasteiger partial charge >= 0.3 is 0 Å². The Hall–Kier alpha value is -0.380. The number of aliphatic hydroxyl groups excluding tert-OH is 1. The monoisotopic (exact) mass is 285 g/mol. The van der Waals surface area contributed by atoms with Crippen LogP contribution >= 0.6 is 15.9 Å². The molecule has 1 aromatic rings. The van der Waals surface area contributed by atoms with Crippen molar-refractivity contribution in [3.05, 3.63) is 34.3 Å². The first-order valence-electron chi connectivity index (χ1n) is 5.60. The smallest absolute Gasteiger partial charge is 0.0505 e. The fourth-order valence-electron chi connectivity index (χ4n) is 1.84. The maximum atomic E-state index is 9.60. The van der Waals surface area contributed by atoms with Gasteiger partial charge in [0.15, 0.2) is 0 Å². The molecule has 0 aliphatic carbocycles. The number of rotatable bonds is 5. The van der Waals surface area contributed by atoms with E-state index in [1.54, 1.807) is 0 Å². The number of hydrogen-bond donors (Lipinski definition) is 2. The average Bonchev–Trinajstić information content (AvgIpc) is 2.28. The van der Waals surface area contributed by atoms with Crippen LogP contribution in [0.25, 0.3) is 0 Å². The van der Waals surface area contributed by atoms with Gasteiger partial charge in [-0.15, -0.1) is 0 Å². The third kappa shape index (κ3) is 2.84. The predicted molar refractivity (Wildman–Crippen MR) is 71.3 cm³/mol. The highest BCUT2D eigenvalue weighted by Crippen LogP contribution is 2.32. The van der Waals surface area contributed by atoms with Gasteiger partial charge in [-0.25, -0.2) is 0 Å². The molecule has 0 saturated carbocycles. The Morgan fingerprint density at radius 2 is 2.00 bits per heavy atom. The molecule has 0 aliphatic heterocycles. The lowest BCUT2D eigenvalue weighted by molar-refractivity contribution is 0.0841. The first-order chi connectivity index (χ1) is 7.55. The van der Waals surface area contributed by atoms with Crippen LogP contribution in [0.3, 0.4) is 0 Å². The molecular formula is C13H20BrNO. The van der Waals surface area contributed by atoms with Crippen LogP contribution in [0.5, 0.6) is 0 Å². The molecule has 0 saturated heterocycles. The van der Waals surface area contributed by atoms with Gasteiger partial charge in [-0.3, -0.25) is 0 Å². The molecule has 3 heteroatoms. The van der Waals surface area contributed by atoms with Crippen molar-refractivity contribution in [1.29, 1.82) is 0 Å². The summed E-state index contributed by atoms with van der Waals surface area (Å²) < 4.78 is 1.09. The highest BCUT2D eigenvalue weighted by molar-refractivity contribution is 9.10. The Morgan fingerprint density at radius 3 is 2.44 bits per heavy atom. The molecule has 0 fully saturated rings. The van der Waals surface area contributed by atoms with Gasteiger partial charge in [0.2, 0.25) is 0 Å². The van der Waals surface area contributed by atoms with Crippen LogP contribution in [0, 0.1) is 11.3 Å². The lowest BCUT2D eigenvalue weighted by atomic mass is 9.73. The summed E-state index contributed by atoms with van der Waals surface area (Å²) in [4.78, 5) is 0. The first kappa shape index (κ1) is 13.7. The maximum Gasteiger partial charge on any atom is 0.0505 e. The Kier molecular flexibility index (Phi) is 4.96. The van der Waals surface area contributed by atoms with Crippen LogP contribution in [0.4, 0.5) is 0 Å². The second-order valence-corrected chi connectivity index (χ2v) is 5.50. The van der Waals surface area contributed by atoms with Gasteiger partial charge in [0.05, 0.1) is 6.61 Å². The normalized spacial score (nSPS) is 15.1. The number of aliphatic hydroxyl groups is 1. The summed E-state index contributed by atoms with van der Waals surface area (Å²) in [6.07, 6.45) is 0.805. The van der Waals surface area contributed by atoms with E-state index in [2.05, 4.69) is 35.8 Å². The van der Waals surface area contributed by atoms with Crippen LogP contribution in [-0.2, 0) is 6.42 Å². The van der Waals surface area contributed by atoms with E-state index in [9.17, 15) is 5.11 Å². The topological polar surface area (TPSA) is 46.2 Å². The molecule has 2 nitrogen and oxygen atoms in total. The number of hydrogen-bond acceptors (Lipinski definition) is 2. The van der Waals surface area contributed by atoms with E-state index in [0.29, 0.717) is 12.5 Å². The summed E-state index contributed by atoms with van der Waals surface area (Å²) in [7, 11) is 0. The average molecular weight is 286 g/mol. The zero-order valence-electron chi connectivity index (χ0n) is 9.91. The number of nitrogens with two attached hydrogens (primary N) is 1. The largest absolute Gasteiger partial charge is 0.396 e. The fraction of sp³-hybridized carbons (Fsp3) is 0.538. The summed E-state index contributed by atoms with van der Waals surface area (Å²) in [5, 5.41) is 9.60. The Morgan fingerprint density at radius 1 is 1.38 bits per heavy atom. The lowest BCUT2D eigenvalue weighted by Gasteiger charge is -2.35. The fourth-order valence-corrected chi connectivity index (χ4v) is 2.26. The van der Waals surface area contributed by atoms with Gasteiger partial charge in [-0.1, -0.05) is 48.0 Å². The highest BCUT2D eigenvalue weighted by atomic mass is 79.9. The molecule has 1 aromatic carbocycles. The second kappa shape index (κ2) is 5.80. The van der Waals surface area contributed by atoms with Crippen LogP contribution in [0.15, 0.2) is 28.7 Å². The van der Waals surface area contributed by atoms with Crippen molar-refractivity contribution in [3.8, 4) is 0 Å². The molecular weight excluding hydrogens is 266 g/mol. The van der Waals surface area contributed by atoms with Crippen LogP contribution in [0.1, 0.15) is 19.4 Å². The van der Waals surface area contributed by atoms with Gasteiger partial charge in [-0.05, 0) is 24.0 Å². The van der Waals surface area contributed by atoms with Crippen molar-refractivity contribution in [3.63, 3.8) is 0 Å².